The second-order valence-corrected chi connectivity index (χ2v) is 6.62. The summed E-state index contributed by atoms with van der Waals surface area (Å²) in [5.74, 6) is 1.19. The Morgan fingerprint density at radius 1 is 1.32 bits per heavy atom. The van der Waals surface area contributed by atoms with Crippen LogP contribution in [0.3, 0.4) is 0 Å². The molecule has 1 rings (SSSR count). The molecule has 0 aliphatic rings. The zero-order valence-corrected chi connectivity index (χ0v) is 13.4. The van der Waals surface area contributed by atoms with Gasteiger partial charge in [0.15, 0.2) is 0 Å². The number of nitrogens with zero attached hydrogens (tertiary/aromatic N) is 1. The van der Waals surface area contributed by atoms with Crippen molar-refractivity contribution in [1.29, 1.82) is 0 Å². The fourth-order valence-electron chi connectivity index (χ4n) is 2.29. The average molecular weight is 281 g/mol. The lowest BCUT2D eigenvalue weighted by atomic mass is 9.82. The third-order valence-electron chi connectivity index (χ3n) is 3.91. The summed E-state index contributed by atoms with van der Waals surface area (Å²) in [5.41, 5.74) is 1.02. The van der Waals surface area contributed by atoms with E-state index in [9.17, 15) is 5.11 Å². The van der Waals surface area contributed by atoms with E-state index in [1.54, 1.807) is 0 Å². The first-order chi connectivity index (χ1) is 9.03. The van der Waals surface area contributed by atoms with Gasteiger partial charge in [-0.1, -0.05) is 37.3 Å². The van der Waals surface area contributed by atoms with Crippen LogP contribution in [0.25, 0.3) is 0 Å². The van der Waals surface area contributed by atoms with E-state index in [4.69, 9.17) is 0 Å². The van der Waals surface area contributed by atoms with Crippen molar-refractivity contribution in [1.82, 2.24) is 4.90 Å². The van der Waals surface area contributed by atoms with Gasteiger partial charge < -0.3 is 10.0 Å². The minimum Gasteiger partial charge on any atom is -0.395 e. The summed E-state index contributed by atoms with van der Waals surface area (Å²) in [6.45, 7) is 5.46. The summed E-state index contributed by atoms with van der Waals surface area (Å²) in [4.78, 5) is 2.36. The van der Waals surface area contributed by atoms with Crippen molar-refractivity contribution >= 4 is 11.8 Å². The molecule has 0 amide bonds. The van der Waals surface area contributed by atoms with E-state index in [1.807, 2.05) is 30.0 Å². The van der Waals surface area contributed by atoms with Crippen molar-refractivity contribution in [2.24, 2.45) is 0 Å². The van der Waals surface area contributed by atoms with Crippen LogP contribution in [-0.2, 0) is 5.41 Å². The minimum absolute atomic E-state index is 0.177. The first kappa shape index (κ1) is 16.5. The van der Waals surface area contributed by atoms with Gasteiger partial charge in [0, 0.05) is 18.0 Å². The van der Waals surface area contributed by atoms with E-state index < -0.39 is 0 Å². The van der Waals surface area contributed by atoms with E-state index in [-0.39, 0.29) is 12.0 Å². The van der Waals surface area contributed by atoms with Gasteiger partial charge in [-0.15, -0.1) is 0 Å². The fourth-order valence-corrected chi connectivity index (χ4v) is 2.86. The van der Waals surface area contributed by atoms with Crippen LogP contribution in [-0.4, -0.2) is 48.3 Å². The average Bonchev–Trinajstić information content (AvgIpc) is 2.45. The van der Waals surface area contributed by atoms with Gasteiger partial charge in [0.05, 0.1) is 6.61 Å². The normalized spacial score (nSPS) is 16.3. The molecule has 0 radical (unpaired) electrons. The van der Waals surface area contributed by atoms with Crippen molar-refractivity contribution in [2.45, 2.75) is 31.7 Å². The summed E-state index contributed by atoms with van der Waals surface area (Å²) in [7, 11) is 2.15. The zero-order chi connectivity index (χ0) is 14.3. The van der Waals surface area contributed by atoms with Crippen LogP contribution in [0.2, 0.25) is 0 Å². The molecule has 3 heteroatoms. The second kappa shape index (κ2) is 7.93. The number of hydrogen-bond donors (Lipinski definition) is 1. The first-order valence-electron chi connectivity index (χ1n) is 6.89. The van der Waals surface area contributed by atoms with Crippen LogP contribution in [0.1, 0.15) is 25.8 Å². The molecule has 2 nitrogen and oxygen atoms in total. The van der Waals surface area contributed by atoms with Crippen molar-refractivity contribution in [2.75, 3.05) is 32.2 Å². The standard InChI is InChI=1S/C16H27NOS/c1-14(10-11-19-4)17(3)12-16(2,13-18)15-8-6-5-7-9-15/h5-9,14,18H,10-13H2,1-4H3. The molecule has 0 fully saturated rings. The molecule has 0 saturated heterocycles. The summed E-state index contributed by atoms with van der Waals surface area (Å²) in [5, 5.41) is 9.81. The number of likely N-dealkylation sites (N-methyl/N-ethyl adjacent to an activating group) is 1. The van der Waals surface area contributed by atoms with Gasteiger partial charge in [0.1, 0.15) is 0 Å². The fraction of sp³-hybridized carbons (Fsp3) is 0.625. The molecule has 1 aromatic rings. The molecule has 0 bridgehead atoms. The molecule has 0 spiro atoms. The van der Waals surface area contributed by atoms with Gasteiger partial charge >= 0.3 is 0 Å². The largest absolute Gasteiger partial charge is 0.395 e. The summed E-state index contributed by atoms with van der Waals surface area (Å²) >= 11 is 1.89. The molecule has 0 heterocycles. The quantitative estimate of drug-likeness (QED) is 0.792. The minimum atomic E-state index is -0.191. The predicted octanol–water partition coefficient (Wildman–Crippen LogP) is 3.01. The molecule has 108 valence electrons. The molecule has 1 N–H and O–H groups in total. The van der Waals surface area contributed by atoms with Crippen molar-refractivity contribution < 1.29 is 5.11 Å². The molecular formula is C16H27NOS. The highest BCUT2D eigenvalue weighted by Gasteiger charge is 2.28. The summed E-state index contributed by atoms with van der Waals surface area (Å²) < 4.78 is 0. The van der Waals surface area contributed by atoms with Crippen molar-refractivity contribution in [3.63, 3.8) is 0 Å². The molecule has 0 aromatic heterocycles. The smallest absolute Gasteiger partial charge is 0.0537 e. The highest BCUT2D eigenvalue weighted by molar-refractivity contribution is 7.98. The number of thioether (sulfide) groups is 1. The Kier molecular flexibility index (Phi) is 6.90. The predicted molar refractivity (Wildman–Crippen MR) is 86.0 cm³/mol. The number of aliphatic hydroxyl groups is 1. The lowest BCUT2D eigenvalue weighted by molar-refractivity contribution is 0.137. The highest BCUT2D eigenvalue weighted by atomic mass is 32.2. The van der Waals surface area contributed by atoms with Gasteiger partial charge in [0.2, 0.25) is 0 Å². The molecule has 19 heavy (non-hydrogen) atoms. The van der Waals surface area contributed by atoms with Crippen LogP contribution in [0.4, 0.5) is 0 Å². The molecule has 0 aliphatic carbocycles. The maximum Gasteiger partial charge on any atom is 0.0537 e. The van der Waals surface area contributed by atoms with Crippen LogP contribution in [0.15, 0.2) is 30.3 Å². The number of hydrogen-bond acceptors (Lipinski definition) is 3. The van der Waals surface area contributed by atoms with E-state index in [0.717, 1.165) is 6.54 Å². The highest BCUT2D eigenvalue weighted by Crippen LogP contribution is 2.25. The van der Waals surface area contributed by atoms with Gasteiger partial charge in [-0.3, -0.25) is 0 Å². The van der Waals surface area contributed by atoms with Gasteiger partial charge in [-0.2, -0.15) is 11.8 Å². The molecular weight excluding hydrogens is 254 g/mol. The van der Waals surface area contributed by atoms with Crippen LogP contribution in [0.5, 0.6) is 0 Å². The Morgan fingerprint density at radius 3 is 2.47 bits per heavy atom. The molecule has 1 aromatic carbocycles. The summed E-state index contributed by atoms with van der Waals surface area (Å²) in [6.07, 6.45) is 3.34. The third-order valence-corrected chi connectivity index (χ3v) is 4.55. The lowest BCUT2D eigenvalue weighted by Crippen LogP contribution is -2.43. The van der Waals surface area contributed by atoms with Crippen LogP contribution >= 0.6 is 11.8 Å². The van der Waals surface area contributed by atoms with E-state index in [1.165, 1.54) is 17.7 Å². The number of benzene rings is 1. The van der Waals surface area contributed by atoms with Gasteiger partial charge in [0.25, 0.3) is 0 Å². The first-order valence-corrected chi connectivity index (χ1v) is 8.28. The Morgan fingerprint density at radius 2 is 1.95 bits per heavy atom. The van der Waals surface area contributed by atoms with E-state index >= 15 is 0 Å². The zero-order valence-electron chi connectivity index (χ0n) is 12.6. The molecule has 2 unspecified atom stereocenters. The summed E-state index contributed by atoms with van der Waals surface area (Å²) in [6, 6.07) is 10.9. The van der Waals surface area contributed by atoms with Gasteiger partial charge in [-0.25, -0.2) is 0 Å². The SMILES string of the molecule is CSCCC(C)N(C)CC(C)(CO)c1ccccc1. The topological polar surface area (TPSA) is 23.5 Å². The van der Waals surface area contributed by atoms with Crippen LogP contribution in [0, 0.1) is 0 Å². The number of rotatable bonds is 8. The van der Waals surface area contributed by atoms with E-state index in [2.05, 4.69) is 44.2 Å². The molecule has 0 aliphatic heterocycles. The maximum atomic E-state index is 9.81. The monoisotopic (exact) mass is 281 g/mol. The second-order valence-electron chi connectivity index (χ2n) is 5.63. The Labute approximate surface area is 122 Å². The Balaban J connectivity index is 2.70. The third kappa shape index (κ3) is 4.83. The van der Waals surface area contributed by atoms with E-state index in [0.29, 0.717) is 6.04 Å². The van der Waals surface area contributed by atoms with Crippen molar-refractivity contribution in [3.8, 4) is 0 Å². The molecule has 2 atom stereocenters. The number of aliphatic hydroxyl groups excluding tert-OH is 1. The Hall–Kier alpha value is -0.510. The van der Waals surface area contributed by atoms with Crippen LogP contribution < -0.4 is 0 Å². The van der Waals surface area contributed by atoms with Crippen molar-refractivity contribution in [3.05, 3.63) is 35.9 Å². The lowest BCUT2D eigenvalue weighted by Gasteiger charge is -2.35. The maximum absolute atomic E-state index is 9.81. The Bertz CT molecular complexity index is 357. The molecule has 0 saturated carbocycles. The van der Waals surface area contributed by atoms with Gasteiger partial charge in [-0.05, 0) is 38.0 Å².